The van der Waals surface area contributed by atoms with Gasteiger partial charge in [-0.2, -0.15) is 13.2 Å². The first-order valence-corrected chi connectivity index (χ1v) is 4.49. The third kappa shape index (κ3) is 8.04. The second-order valence-corrected chi connectivity index (χ2v) is 3.26. The Morgan fingerprint density at radius 3 is 2.38 bits per heavy atom. The lowest BCUT2D eigenvalue weighted by Crippen LogP contribution is -2.40. The molecule has 0 rings (SSSR count). The number of carbonyl (C=O) groups is 2. The Morgan fingerprint density at radius 1 is 1.38 bits per heavy atom. The first-order valence-electron chi connectivity index (χ1n) is 4.49. The highest BCUT2D eigenvalue weighted by atomic mass is 19.4. The van der Waals surface area contributed by atoms with Crippen molar-refractivity contribution in [1.82, 2.24) is 10.6 Å². The van der Waals surface area contributed by atoms with Crippen molar-refractivity contribution in [3.63, 3.8) is 0 Å². The lowest BCUT2D eigenvalue weighted by atomic mass is 10.2. The van der Waals surface area contributed by atoms with E-state index in [1.807, 2.05) is 5.32 Å². The normalized spacial score (nSPS) is 13.2. The van der Waals surface area contributed by atoms with E-state index in [1.54, 1.807) is 0 Å². The predicted molar refractivity (Wildman–Crippen MR) is 48.7 cm³/mol. The van der Waals surface area contributed by atoms with E-state index in [1.165, 1.54) is 6.92 Å². The van der Waals surface area contributed by atoms with Crippen LogP contribution >= 0.6 is 0 Å². The van der Waals surface area contributed by atoms with E-state index >= 15 is 0 Å². The molecule has 0 aliphatic heterocycles. The zero-order valence-electron chi connectivity index (χ0n) is 8.60. The van der Waals surface area contributed by atoms with Crippen molar-refractivity contribution < 1.29 is 27.9 Å². The van der Waals surface area contributed by atoms with Gasteiger partial charge in [0.25, 0.3) is 0 Å². The fourth-order valence-electron chi connectivity index (χ4n) is 0.735. The number of rotatable bonds is 6. The molecule has 8 heteroatoms. The minimum absolute atomic E-state index is 0.109. The molecule has 5 nitrogen and oxygen atoms in total. The van der Waals surface area contributed by atoms with Crippen molar-refractivity contribution in [2.45, 2.75) is 13.1 Å². The molecule has 0 aromatic heterocycles. The highest BCUT2D eigenvalue weighted by molar-refractivity contribution is 5.79. The summed E-state index contributed by atoms with van der Waals surface area (Å²) in [5.41, 5.74) is 0. The van der Waals surface area contributed by atoms with Crippen LogP contribution in [0.4, 0.5) is 13.2 Å². The molecule has 0 heterocycles. The van der Waals surface area contributed by atoms with E-state index in [4.69, 9.17) is 5.11 Å². The number of aliphatic carboxylic acids is 1. The van der Waals surface area contributed by atoms with E-state index < -0.39 is 37.1 Å². The number of carboxylic acids is 1. The van der Waals surface area contributed by atoms with Gasteiger partial charge in [0.05, 0.1) is 19.0 Å². The summed E-state index contributed by atoms with van der Waals surface area (Å²) in [5, 5.41) is 12.6. The highest BCUT2D eigenvalue weighted by Gasteiger charge is 2.26. The molecular weight excluding hydrogens is 229 g/mol. The molecule has 0 radical (unpaired) electrons. The number of hydrogen-bond acceptors (Lipinski definition) is 3. The number of amides is 1. The average molecular weight is 242 g/mol. The van der Waals surface area contributed by atoms with Gasteiger partial charge < -0.3 is 15.7 Å². The minimum Gasteiger partial charge on any atom is -0.481 e. The number of alkyl halides is 3. The maximum atomic E-state index is 11.7. The summed E-state index contributed by atoms with van der Waals surface area (Å²) in [6, 6.07) is 0. The van der Waals surface area contributed by atoms with Crippen molar-refractivity contribution in [2.24, 2.45) is 5.92 Å². The van der Waals surface area contributed by atoms with Gasteiger partial charge >= 0.3 is 12.1 Å². The maximum absolute atomic E-state index is 11.7. The summed E-state index contributed by atoms with van der Waals surface area (Å²) in [6.45, 7) is -0.478. The van der Waals surface area contributed by atoms with Gasteiger partial charge in [-0.05, 0) is 0 Å². The van der Waals surface area contributed by atoms with E-state index in [2.05, 4.69) is 5.32 Å². The lowest BCUT2D eigenvalue weighted by molar-refractivity contribution is -0.141. The summed E-state index contributed by atoms with van der Waals surface area (Å²) >= 11 is 0. The van der Waals surface area contributed by atoms with Crippen molar-refractivity contribution in [1.29, 1.82) is 0 Å². The number of carboxylic acid groups (broad SMARTS) is 1. The Hall–Kier alpha value is -1.31. The number of carbonyl (C=O) groups excluding carboxylic acids is 1. The smallest absolute Gasteiger partial charge is 0.401 e. The van der Waals surface area contributed by atoms with Gasteiger partial charge in [0.2, 0.25) is 5.91 Å². The molecule has 1 atom stereocenters. The Balaban J connectivity index is 3.64. The van der Waals surface area contributed by atoms with Crippen LogP contribution in [0.15, 0.2) is 0 Å². The number of halogens is 3. The largest absolute Gasteiger partial charge is 0.481 e. The third-order valence-corrected chi connectivity index (χ3v) is 1.64. The van der Waals surface area contributed by atoms with Crippen LogP contribution in [0.1, 0.15) is 6.92 Å². The number of nitrogens with one attached hydrogen (secondary N) is 2. The van der Waals surface area contributed by atoms with Crippen LogP contribution in [0.25, 0.3) is 0 Å². The van der Waals surface area contributed by atoms with Gasteiger partial charge in [-0.1, -0.05) is 6.92 Å². The van der Waals surface area contributed by atoms with Gasteiger partial charge in [-0.3, -0.25) is 9.59 Å². The molecule has 0 bridgehead atoms. The monoisotopic (exact) mass is 242 g/mol. The Morgan fingerprint density at radius 2 is 1.94 bits per heavy atom. The topological polar surface area (TPSA) is 78.4 Å². The summed E-state index contributed by atoms with van der Waals surface area (Å²) in [7, 11) is 0. The van der Waals surface area contributed by atoms with Crippen LogP contribution < -0.4 is 10.6 Å². The molecule has 0 aliphatic carbocycles. The van der Waals surface area contributed by atoms with Crippen molar-refractivity contribution in [3.8, 4) is 0 Å². The van der Waals surface area contributed by atoms with Crippen LogP contribution in [-0.2, 0) is 9.59 Å². The quantitative estimate of drug-likeness (QED) is 0.611. The zero-order chi connectivity index (χ0) is 12.8. The first-order chi connectivity index (χ1) is 7.22. The Labute approximate surface area is 90.0 Å². The molecule has 1 unspecified atom stereocenters. The Bertz CT molecular complexity index is 255. The molecule has 0 fully saturated rings. The van der Waals surface area contributed by atoms with Gasteiger partial charge in [0.15, 0.2) is 0 Å². The van der Waals surface area contributed by atoms with Crippen molar-refractivity contribution in [2.75, 3.05) is 19.6 Å². The molecule has 0 aromatic rings. The summed E-state index contributed by atoms with van der Waals surface area (Å²) < 4.78 is 35.0. The van der Waals surface area contributed by atoms with E-state index in [0.717, 1.165) is 0 Å². The highest BCUT2D eigenvalue weighted by Crippen LogP contribution is 2.11. The van der Waals surface area contributed by atoms with Crippen molar-refractivity contribution >= 4 is 11.9 Å². The second kappa shape index (κ2) is 6.31. The van der Waals surface area contributed by atoms with Crippen LogP contribution in [0.2, 0.25) is 0 Å². The molecule has 94 valence electrons. The lowest BCUT2D eigenvalue weighted by Gasteiger charge is -2.10. The molecular formula is C8H13F3N2O3. The zero-order valence-corrected chi connectivity index (χ0v) is 8.60. The minimum atomic E-state index is -4.37. The molecule has 0 aromatic carbocycles. The molecule has 0 saturated heterocycles. The van der Waals surface area contributed by atoms with E-state index in [0.29, 0.717) is 0 Å². The van der Waals surface area contributed by atoms with E-state index in [-0.39, 0.29) is 6.54 Å². The molecule has 0 saturated carbocycles. The number of hydrogen-bond donors (Lipinski definition) is 3. The molecule has 0 spiro atoms. The SMILES string of the molecule is CC(CNC(=O)CNCC(F)(F)F)C(=O)O. The molecule has 1 amide bonds. The third-order valence-electron chi connectivity index (χ3n) is 1.64. The molecule has 16 heavy (non-hydrogen) atoms. The molecule has 3 N–H and O–H groups in total. The van der Waals surface area contributed by atoms with Crippen molar-refractivity contribution in [3.05, 3.63) is 0 Å². The average Bonchev–Trinajstić information content (AvgIpc) is 2.11. The summed E-state index contributed by atoms with van der Waals surface area (Å²) in [4.78, 5) is 21.3. The summed E-state index contributed by atoms with van der Waals surface area (Å²) in [5.74, 6) is -2.52. The molecule has 0 aliphatic rings. The van der Waals surface area contributed by atoms with Gasteiger partial charge in [-0.15, -0.1) is 0 Å². The van der Waals surface area contributed by atoms with Gasteiger partial charge in [-0.25, -0.2) is 0 Å². The fraction of sp³-hybridized carbons (Fsp3) is 0.750. The Kier molecular flexibility index (Phi) is 5.79. The fourth-order valence-corrected chi connectivity index (χ4v) is 0.735. The van der Waals surface area contributed by atoms with Gasteiger partial charge in [0.1, 0.15) is 0 Å². The first kappa shape index (κ1) is 14.7. The van der Waals surface area contributed by atoms with Crippen LogP contribution in [0, 0.1) is 5.92 Å². The summed E-state index contributed by atoms with van der Waals surface area (Å²) in [6.07, 6.45) is -4.37. The standard InChI is InChI=1S/C8H13F3N2O3/c1-5(7(15)16)2-13-6(14)3-12-4-8(9,10)11/h5,12H,2-4H2,1H3,(H,13,14)(H,15,16). The van der Waals surface area contributed by atoms with Crippen LogP contribution in [0.5, 0.6) is 0 Å². The van der Waals surface area contributed by atoms with Crippen LogP contribution in [-0.4, -0.2) is 42.8 Å². The van der Waals surface area contributed by atoms with Gasteiger partial charge in [0, 0.05) is 6.54 Å². The maximum Gasteiger partial charge on any atom is 0.401 e. The van der Waals surface area contributed by atoms with E-state index in [9.17, 15) is 22.8 Å². The second-order valence-electron chi connectivity index (χ2n) is 3.26. The van der Waals surface area contributed by atoms with Crippen LogP contribution in [0.3, 0.4) is 0 Å². The predicted octanol–water partition coefficient (Wildman–Crippen LogP) is -0.0248.